The van der Waals surface area contributed by atoms with Gasteiger partial charge in [-0.2, -0.15) is 0 Å². The molecule has 0 radical (unpaired) electrons. The van der Waals surface area contributed by atoms with Crippen LogP contribution in [0.3, 0.4) is 0 Å². The van der Waals surface area contributed by atoms with Crippen LogP contribution >= 0.6 is 0 Å². The summed E-state index contributed by atoms with van der Waals surface area (Å²) >= 11 is 0. The number of ether oxygens (including phenoxy) is 1. The van der Waals surface area contributed by atoms with Crippen molar-refractivity contribution in [2.75, 3.05) is 13.1 Å². The van der Waals surface area contributed by atoms with E-state index in [1.165, 1.54) is 6.07 Å². The molecule has 0 unspecified atom stereocenters. The Bertz CT molecular complexity index is 575. The van der Waals surface area contributed by atoms with Gasteiger partial charge in [0.2, 0.25) is 0 Å². The molecular weight excluding hydrogens is 273 g/mol. The topological polar surface area (TPSA) is 49.8 Å². The Kier molecular flexibility index (Phi) is 4.21. The first-order valence-corrected chi connectivity index (χ1v) is 6.93. The summed E-state index contributed by atoms with van der Waals surface area (Å²) in [5, 5.41) is 9.45. The molecule has 0 saturated carbocycles. The van der Waals surface area contributed by atoms with Crippen LogP contribution in [0.2, 0.25) is 0 Å². The molecular formula is C16H20FNO3. The minimum Gasteiger partial charge on any atom is -0.505 e. The van der Waals surface area contributed by atoms with Crippen molar-refractivity contribution in [1.82, 2.24) is 4.90 Å². The normalized spacial score (nSPS) is 15.6. The standard InChI is InChI=1S/C16H20FNO3/c1-16(2,3)21-15(20)18-9-5-6-11(10-18)12-7-4-8-13(19)14(12)17/h4,6-8,19H,5,9-10H2,1-3H3. The number of amides is 1. The Morgan fingerprint density at radius 2 is 2.10 bits per heavy atom. The highest BCUT2D eigenvalue weighted by Crippen LogP contribution is 2.28. The van der Waals surface area contributed by atoms with Crippen LogP contribution in [0, 0.1) is 5.82 Å². The van der Waals surface area contributed by atoms with Gasteiger partial charge in [0.25, 0.3) is 0 Å². The third-order valence-electron chi connectivity index (χ3n) is 3.13. The summed E-state index contributed by atoms with van der Waals surface area (Å²) in [6.07, 6.45) is 2.11. The molecule has 5 heteroatoms. The van der Waals surface area contributed by atoms with E-state index in [4.69, 9.17) is 4.74 Å². The lowest BCUT2D eigenvalue weighted by Crippen LogP contribution is -2.39. The highest BCUT2D eigenvalue weighted by molar-refractivity contribution is 5.76. The van der Waals surface area contributed by atoms with Crippen molar-refractivity contribution >= 4 is 11.7 Å². The molecule has 1 aromatic carbocycles. The van der Waals surface area contributed by atoms with Crippen LogP contribution in [0.4, 0.5) is 9.18 Å². The molecule has 114 valence electrons. The van der Waals surface area contributed by atoms with Gasteiger partial charge in [-0.3, -0.25) is 0 Å². The predicted molar refractivity (Wildman–Crippen MR) is 78.5 cm³/mol. The number of aromatic hydroxyl groups is 1. The second kappa shape index (κ2) is 5.76. The van der Waals surface area contributed by atoms with Crippen molar-refractivity contribution in [2.24, 2.45) is 0 Å². The zero-order valence-electron chi connectivity index (χ0n) is 12.5. The zero-order valence-corrected chi connectivity index (χ0v) is 12.5. The van der Waals surface area contributed by atoms with E-state index < -0.39 is 17.5 Å². The van der Waals surface area contributed by atoms with Crippen LogP contribution in [0.1, 0.15) is 32.8 Å². The maximum Gasteiger partial charge on any atom is 0.410 e. The number of nitrogens with zero attached hydrogens (tertiary/aromatic N) is 1. The van der Waals surface area contributed by atoms with Gasteiger partial charge in [-0.1, -0.05) is 18.2 Å². The number of rotatable bonds is 1. The van der Waals surface area contributed by atoms with Gasteiger partial charge in [0.15, 0.2) is 11.6 Å². The molecule has 1 aliphatic heterocycles. The van der Waals surface area contributed by atoms with E-state index in [0.29, 0.717) is 24.1 Å². The largest absolute Gasteiger partial charge is 0.505 e. The predicted octanol–water partition coefficient (Wildman–Crippen LogP) is 3.56. The summed E-state index contributed by atoms with van der Waals surface area (Å²) in [5.41, 5.74) is 0.443. The minimum absolute atomic E-state index is 0.273. The van der Waals surface area contributed by atoms with E-state index in [0.717, 1.165) is 0 Å². The fourth-order valence-corrected chi connectivity index (χ4v) is 2.19. The number of carbonyl (C=O) groups excluding carboxylic acids is 1. The van der Waals surface area contributed by atoms with Crippen molar-refractivity contribution < 1.29 is 19.0 Å². The van der Waals surface area contributed by atoms with Crippen molar-refractivity contribution in [1.29, 1.82) is 0 Å². The molecule has 0 aromatic heterocycles. The highest BCUT2D eigenvalue weighted by Gasteiger charge is 2.25. The lowest BCUT2D eigenvalue weighted by Gasteiger charge is -2.30. The fraction of sp³-hybridized carbons (Fsp3) is 0.438. The molecule has 4 nitrogen and oxygen atoms in total. The molecule has 0 atom stereocenters. The second-order valence-corrected chi connectivity index (χ2v) is 6.06. The van der Waals surface area contributed by atoms with Crippen LogP contribution in [-0.4, -0.2) is 34.8 Å². The monoisotopic (exact) mass is 293 g/mol. The van der Waals surface area contributed by atoms with Gasteiger partial charge in [-0.25, -0.2) is 9.18 Å². The molecule has 1 aliphatic rings. The Labute approximate surface area is 123 Å². The van der Waals surface area contributed by atoms with Crippen molar-refractivity contribution in [3.8, 4) is 5.75 Å². The molecule has 1 heterocycles. The first-order chi connectivity index (χ1) is 9.78. The number of phenolic OH excluding ortho intramolecular Hbond substituents is 1. The van der Waals surface area contributed by atoms with Gasteiger partial charge >= 0.3 is 6.09 Å². The second-order valence-electron chi connectivity index (χ2n) is 6.06. The summed E-state index contributed by atoms with van der Waals surface area (Å²) < 4.78 is 19.3. The molecule has 0 saturated heterocycles. The Morgan fingerprint density at radius 3 is 2.76 bits per heavy atom. The first kappa shape index (κ1) is 15.4. The van der Waals surface area contributed by atoms with E-state index in [1.807, 2.05) is 6.08 Å². The van der Waals surface area contributed by atoms with Crippen molar-refractivity contribution in [2.45, 2.75) is 32.8 Å². The van der Waals surface area contributed by atoms with Crippen LogP contribution in [0.15, 0.2) is 24.3 Å². The van der Waals surface area contributed by atoms with Crippen LogP contribution in [0.5, 0.6) is 5.75 Å². The van der Waals surface area contributed by atoms with Gasteiger partial charge in [0.1, 0.15) is 5.60 Å². The van der Waals surface area contributed by atoms with Gasteiger partial charge in [0.05, 0.1) is 0 Å². The Hall–Kier alpha value is -2.04. The third kappa shape index (κ3) is 3.74. The number of hydrogen-bond donors (Lipinski definition) is 1. The maximum absolute atomic E-state index is 14.0. The van der Waals surface area contributed by atoms with Crippen LogP contribution < -0.4 is 0 Å². The molecule has 1 amide bonds. The van der Waals surface area contributed by atoms with Crippen LogP contribution in [0.25, 0.3) is 5.57 Å². The molecule has 0 aliphatic carbocycles. The summed E-state index contributed by atoms with van der Waals surface area (Å²) in [5.74, 6) is -1.04. The smallest absolute Gasteiger partial charge is 0.410 e. The zero-order chi connectivity index (χ0) is 15.6. The molecule has 2 rings (SSSR count). The Morgan fingerprint density at radius 1 is 1.38 bits per heavy atom. The summed E-state index contributed by atoms with van der Waals surface area (Å²) in [4.78, 5) is 13.6. The average molecular weight is 293 g/mol. The molecule has 0 fully saturated rings. The number of benzene rings is 1. The SMILES string of the molecule is CC(C)(C)OC(=O)N1CCC=C(c2cccc(O)c2F)C1. The van der Waals surface area contributed by atoms with Crippen molar-refractivity contribution in [3.63, 3.8) is 0 Å². The Balaban J connectivity index is 2.16. The van der Waals surface area contributed by atoms with Crippen molar-refractivity contribution in [3.05, 3.63) is 35.7 Å². The number of halogens is 1. The van der Waals surface area contributed by atoms with E-state index in [1.54, 1.807) is 37.8 Å². The summed E-state index contributed by atoms with van der Waals surface area (Å²) in [7, 11) is 0. The summed E-state index contributed by atoms with van der Waals surface area (Å²) in [6, 6.07) is 4.48. The fourth-order valence-electron chi connectivity index (χ4n) is 2.19. The number of carbonyl (C=O) groups is 1. The molecule has 1 aromatic rings. The lowest BCUT2D eigenvalue weighted by molar-refractivity contribution is 0.0273. The van der Waals surface area contributed by atoms with Gasteiger partial charge in [-0.05, 0) is 38.8 Å². The van der Waals surface area contributed by atoms with Crippen LogP contribution in [-0.2, 0) is 4.74 Å². The van der Waals surface area contributed by atoms with E-state index in [-0.39, 0.29) is 12.3 Å². The quantitative estimate of drug-likeness (QED) is 0.861. The maximum atomic E-state index is 14.0. The first-order valence-electron chi connectivity index (χ1n) is 6.93. The highest BCUT2D eigenvalue weighted by atomic mass is 19.1. The van der Waals surface area contributed by atoms with Gasteiger partial charge < -0.3 is 14.7 Å². The molecule has 21 heavy (non-hydrogen) atoms. The van der Waals surface area contributed by atoms with E-state index >= 15 is 0 Å². The lowest BCUT2D eigenvalue weighted by atomic mass is 10.0. The van der Waals surface area contributed by atoms with E-state index in [2.05, 4.69) is 0 Å². The number of phenols is 1. The number of hydrogen-bond acceptors (Lipinski definition) is 3. The van der Waals surface area contributed by atoms with Gasteiger partial charge in [-0.15, -0.1) is 0 Å². The van der Waals surface area contributed by atoms with Gasteiger partial charge in [0, 0.05) is 18.7 Å². The molecule has 0 bridgehead atoms. The average Bonchev–Trinajstić information content (AvgIpc) is 2.40. The van der Waals surface area contributed by atoms with E-state index in [9.17, 15) is 14.3 Å². The minimum atomic E-state index is -0.658. The third-order valence-corrected chi connectivity index (χ3v) is 3.13. The molecule has 0 spiro atoms. The molecule has 1 N–H and O–H groups in total. The summed E-state index contributed by atoms with van der Waals surface area (Å²) in [6.45, 7) is 6.23.